The third-order valence-electron chi connectivity index (χ3n) is 4.77. The van der Waals surface area contributed by atoms with Crippen molar-refractivity contribution in [1.82, 2.24) is 14.8 Å². The van der Waals surface area contributed by atoms with Crippen molar-refractivity contribution in [2.75, 3.05) is 25.3 Å². The molecule has 3 aromatic rings. The van der Waals surface area contributed by atoms with Gasteiger partial charge in [-0.1, -0.05) is 29.5 Å². The summed E-state index contributed by atoms with van der Waals surface area (Å²) in [4.78, 5) is 36.4. The topological polar surface area (TPSA) is 122 Å². The molecule has 0 aliphatic heterocycles. The summed E-state index contributed by atoms with van der Waals surface area (Å²) < 4.78 is 16.9. The Morgan fingerprint density at radius 3 is 2.38 bits per heavy atom. The Morgan fingerprint density at radius 1 is 1.00 bits per heavy atom. The lowest BCUT2D eigenvalue weighted by molar-refractivity contribution is -0.113. The highest BCUT2D eigenvalue weighted by atomic mass is 32.2. The second kappa shape index (κ2) is 11.3. The summed E-state index contributed by atoms with van der Waals surface area (Å²) in [5.74, 6) is -0.335. The first-order valence-corrected chi connectivity index (χ1v) is 11.1. The lowest BCUT2D eigenvalue weighted by atomic mass is 10.1. The fourth-order valence-electron chi connectivity index (χ4n) is 2.88. The van der Waals surface area contributed by atoms with Crippen molar-refractivity contribution in [2.24, 2.45) is 7.05 Å². The van der Waals surface area contributed by atoms with Gasteiger partial charge in [-0.2, -0.15) is 0 Å². The summed E-state index contributed by atoms with van der Waals surface area (Å²) in [5.41, 5.74) is 1.58. The number of hydrogen-bond acceptors (Lipinski definition) is 9. The van der Waals surface area contributed by atoms with E-state index in [2.05, 4.69) is 15.5 Å². The first kappa shape index (κ1) is 24.8. The number of ether oxygens (including phenoxy) is 3. The van der Waals surface area contributed by atoms with Crippen LogP contribution in [0.15, 0.2) is 47.6 Å². The van der Waals surface area contributed by atoms with Crippen LogP contribution in [-0.2, 0) is 27.9 Å². The lowest BCUT2D eigenvalue weighted by Gasteiger charge is -2.11. The maximum absolute atomic E-state index is 12.6. The van der Waals surface area contributed by atoms with Gasteiger partial charge in [-0.05, 0) is 37.3 Å². The van der Waals surface area contributed by atoms with Gasteiger partial charge in [-0.15, -0.1) is 10.2 Å². The van der Waals surface area contributed by atoms with E-state index >= 15 is 0 Å². The molecule has 34 heavy (non-hydrogen) atoms. The Labute approximate surface area is 200 Å². The number of esters is 2. The lowest BCUT2D eigenvalue weighted by Crippen LogP contribution is -2.18. The largest absolute Gasteiger partial charge is 0.486 e. The molecular formula is C23H24N4O6S. The summed E-state index contributed by atoms with van der Waals surface area (Å²) in [6.07, 6.45) is 0. The average Bonchev–Trinajstić information content (AvgIpc) is 3.20. The molecule has 0 radical (unpaired) electrons. The molecule has 0 unspecified atom stereocenters. The van der Waals surface area contributed by atoms with Gasteiger partial charge in [-0.3, -0.25) is 4.79 Å². The Bertz CT molecular complexity index is 1190. The maximum Gasteiger partial charge on any atom is 0.339 e. The Morgan fingerprint density at radius 2 is 1.71 bits per heavy atom. The molecular weight excluding hydrogens is 460 g/mol. The van der Waals surface area contributed by atoms with E-state index in [-0.39, 0.29) is 29.2 Å². The van der Waals surface area contributed by atoms with Crippen molar-refractivity contribution in [1.29, 1.82) is 0 Å². The average molecular weight is 485 g/mol. The van der Waals surface area contributed by atoms with E-state index in [4.69, 9.17) is 14.2 Å². The maximum atomic E-state index is 12.6. The SMILES string of the molecule is COC(=O)c1ccc(C(=O)OC)c(NC(=O)CSc2nnc(COc3ccc(C)cc3)n2C)c1. The van der Waals surface area contributed by atoms with E-state index < -0.39 is 17.8 Å². The molecule has 2 aromatic carbocycles. The number of carbonyl (C=O) groups is 3. The molecule has 0 fully saturated rings. The number of amides is 1. The van der Waals surface area contributed by atoms with Crippen LogP contribution in [0.1, 0.15) is 32.1 Å². The standard InChI is InChI=1S/C23H24N4O6S/c1-14-5-8-16(9-6-14)33-12-19-25-26-23(27(19)2)34-13-20(28)24-18-11-15(21(29)31-3)7-10-17(18)22(30)32-4/h5-11H,12-13H2,1-4H3,(H,24,28). The van der Waals surface area contributed by atoms with E-state index in [0.717, 1.165) is 11.3 Å². The van der Waals surface area contributed by atoms with Crippen LogP contribution >= 0.6 is 11.8 Å². The predicted molar refractivity (Wildman–Crippen MR) is 125 cm³/mol. The van der Waals surface area contributed by atoms with Crippen molar-refractivity contribution in [3.8, 4) is 5.75 Å². The number of hydrogen-bond donors (Lipinski definition) is 1. The van der Waals surface area contributed by atoms with Crippen LogP contribution in [-0.4, -0.2) is 52.6 Å². The number of thioether (sulfide) groups is 1. The van der Waals surface area contributed by atoms with Gasteiger partial charge < -0.3 is 24.1 Å². The first-order chi connectivity index (χ1) is 16.3. The molecule has 3 rings (SSSR count). The van der Waals surface area contributed by atoms with Crippen LogP contribution in [0, 0.1) is 6.92 Å². The predicted octanol–water partition coefficient (Wildman–Crippen LogP) is 3.01. The van der Waals surface area contributed by atoms with Gasteiger partial charge >= 0.3 is 11.9 Å². The molecule has 0 aliphatic carbocycles. The van der Waals surface area contributed by atoms with E-state index in [9.17, 15) is 14.4 Å². The molecule has 1 aromatic heterocycles. The molecule has 0 atom stereocenters. The van der Waals surface area contributed by atoms with E-state index in [0.29, 0.717) is 11.0 Å². The van der Waals surface area contributed by atoms with Crippen LogP contribution in [0.3, 0.4) is 0 Å². The fraction of sp³-hybridized carbons (Fsp3) is 0.261. The molecule has 0 saturated carbocycles. The number of anilines is 1. The van der Waals surface area contributed by atoms with Crippen molar-refractivity contribution < 1.29 is 28.6 Å². The van der Waals surface area contributed by atoms with Gasteiger partial charge in [0.1, 0.15) is 12.4 Å². The number of aromatic nitrogens is 3. The van der Waals surface area contributed by atoms with Gasteiger partial charge in [0.05, 0.1) is 36.8 Å². The highest BCUT2D eigenvalue weighted by molar-refractivity contribution is 7.99. The normalized spacial score (nSPS) is 10.5. The van der Waals surface area contributed by atoms with Gasteiger partial charge in [0.15, 0.2) is 11.0 Å². The summed E-state index contributed by atoms with van der Waals surface area (Å²) in [7, 11) is 4.25. The Balaban J connectivity index is 1.63. The number of carbonyl (C=O) groups excluding carboxylic acids is 3. The summed E-state index contributed by atoms with van der Waals surface area (Å²) in [6.45, 7) is 2.22. The summed E-state index contributed by atoms with van der Waals surface area (Å²) in [6, 6.07) is 11.8. The molecule has 0 saturated heterocycles. The molecule has 0 bridgehead atoms. The van der Waals surface area contributed by atoms with Gasteiger partial charge in [0.25, 0.3) is 0 Å². The van der Waals surface area contributed by atoms with Gasteiger partial charge in [-0.25, -0.2) is 9.59 Å². The number of rotatable bonds is 9. The number of methoxy groups -OCH3 is 2. The smallest absolute Gasteiger partial charge is 0.339 e. The van der Waals surface area contributed by atoms with Crippen molar-refractivity contribution in [3.63, 3.8) is 0 Å². The zero-order valence-electron chi connectivity index (χ0n) is 19.2. The molecule has 178 valence electrons. The number of aryl methyl sites for hydroxylation is 1. The molecule has 10 nitrogen and oxygen atoms in total. The van der Waals surface area contributed by atoms with Crippen LogP contribution in [0.2, 0.25) is 0 Å². The van der Waals surface area contributed by atoms with Crippen LogP contribution in [0.25, 0.3) is 0 Å². The van der Waals surface area contributed by atoms with Gasteiger partial charge in [0, 0.05) is 7.05 Å². The minimum atomic E-state index is -0.647. The van der Waals surface area contributed by atoms with Crippen LogP contribution in [0.4, 0.5) is 5.69 Å². The number of benzene rings is 2. The van der Waals surface area contributed by atoms with Crippen molar-refractivity contribution >= 4 is 35.3 Å². The first-order valence-electron chi connectivity index (χ1n) is 10.1. The molecule has 11 heteroatoms. The number of nitrogens with zero attached hydrogens (tertiary/aromatic N) is 3. The number of nitrogens with one attached hydrogen (secondary N) is 1. The summed E-state index contributed by atoms with van der Waals surface area (Å²) >= 11 is 1.17. The quantitative estimate of drug-likeness (QED) is 0.361. The Kier molecular flexibility index (Phi) is 8.25. The van der Waals surface area contributed by atoms with Crippen molar-refractivity contribution in [2.45, 2.75) is 18.7 Å². The molecule has 1 heterocycles. The molecule has 0 aliphatic rings. The minimum absolute atomic E-state index is 0.00609. The third kappa shape index (κ3) is 6.13. The van der Waals surface area contributed by atoms with Crippen molar-refractivity contribution in [3.05, 3.63) is 65.0 Å². The van der Waals surface area contributed by atoms with E-state index in [1.54, 1.807) is 11.6 Å². The molecule has 1 amide bonds. The van der Waals surface area contributed by atoms with Gasteiger partial charge in [0.2, 0.25) is 5.91 Å². The zero-order valence-corrected chi connectivity index (χ0v) is 20.0. The highest BCUT2D eigenvalue weighted by Gasteiger charge is 2.18. The summed E-state index contributed by atoms with van der Waals surface area (Å²) in [5, 5.41) is 11.4. The molecule has 1 N–H and O–H groups in total. The minimum Gasteiger partial charge on any atom is -0.486 e. The highest BCUT2D eigenvalue weighted by Crippen LogP contribution is 2.22. The van der Waals surface area contributed by atoms with E-state index in [1.165, 1.54) is 44.2 Å². The fourth-order valence-corrected chi connectivity index (χ4v) is 3.61. The van der Waals surface area contributed by atoms with E-state index in [1.807, 2.05) is 31.2 Å². The Hall–Kier alpha value is -3.86. The van der Waals surface area contributed by atoms with Crippen LogP contribution < -0.4 is 10.1 Å². The second-order valence-electron chi connectivity index (χ2n) is 7.14. The monoisotopic (exact) mass is 484 g/mol. The second-order valence-corrected chi connectivity index (χ2v) is 8.08. The van der Waals surface area contributed by atoms with Crippen LogP contribution in [0.5, 0.6) is 5.75 Å². The third-order valence-corrected chi connectivity index (χ3v) is 5.79. The molecule has 0 spiro atoms. The zero-order chi connectivity index (χ0) is 24.7.